The van der Waals surface area contributed by atoms with Gasteiger partial charge in [0, 0.05) is 20.8 Å². The molecule has 3 nitrogen and oxygen atoms in total. The Bertz CT molecular complexity index is 648. The van der Waals surface area contributed by atoms with E-state index in [1.807, 2.05) is 12.1 Å². The molecular formula is C13H14BrNO2S2. The summed E-state index contributed by atoms with van der Waals surface area (Å²) in [4.78, 5) is 2.57. The quantitative estimate of drug-likeness (QED) is 0.886. The van der Waals surface area contributed by atoms with Gasteiger partial charge in [-0.2, -0.15) is 0 Å². The summed E-state index contributed by atoms with van der Waals surface area (Å²) in [6, 6.07) is 10.6. The van der Waals surface area contributed by atoms with Crippen molar-refractivity contribution < 1.29 is 8.42 Å². The van der Waals surface area contributed by atoms with Gasteiger partial charge in [-0.25, -0.2) is 13.1 Å². The van der Waals surface area contributed by atoms with Gasteiger partial charge in [0.2, 0.25) is 10.0 Å². The Morgan fingerprint density at radius 3 is 2.32 bits per heavy atom. The molecule has 1 N–H and O–H groups in total. The van der Waals surface area contributed by atoms with Crippen LogP contribution in [0.5, 0.6) is 0 Å². The number of hydrogen-bond donors (Lipinski definition) is 1. The number of rotatable bonds is 5. The van der Waals surface area contributed by atoms with Gasteiger partial charge in [-0.1, -0.05) is 22.9 Å². The lowest BCUT2D eigenvalue weighted by Crippen LogP contribution is -2.22. The molecule has 0 bridgehead atoms. The Kier molecular flexibility index (Phi) is 4.78. The van der Waals surface area contributed by atoms with Crippen molar-refractivity contribution in [3.05, 3.63) is 50.6 Å². The summed E-state index contributed by atoms with van der Waals surface area (Å²) < 4.78 is 27.6. The second kappa shape index (κ2) is 6.17. The van der Waals surface area contributed by atoms with Crippen molar-refractivity contribution in [1.82, 2.24) is 4.72 Å². The minimum absolute atomic E-state index is 0.281. The maximum atomic E-state index is 12.1. The van der Waals surface area contributed by atoms with E-state index in [0.717, 1.165) is 15.8 Å². The van der Waals surface area contributed by atoms with Gasteiger partial charge in [0.25, 0.3) is 0 Å². The Morgan fingerprint density at radius 1 is 1.11 bits per heavy atom. The predicted octanol–water partition coefficient (Wildman–Crippen LogP) is 3.55. The van der Waals surface area contributed by atoms with Gasteiger partial charge in [-0.3, -0.25) is 0 Å². The molecule has 0 saturated heterocycles. The topological polar surface area (TPSA) is 46.2 Å². The van der Waals surface area contributed by atoms with Crippen molar-refractivity contribution in [3.63, 3.8) is 0 Å². The fourth-order valence-electron chi connectivity index (χ4n) is 1.57. The first-order valence-electron chi connectivity index (χ1n) is 5.84. The standard InChI is InChI=1S/C13H14BrNO2S2/c1-2-11-5-6-12(18-11)9-15-19(16,17)13-7-3-10(14)4-8-13/h3-8,15H,2,9H2,1H3. The first kappa shape index (κ1) is 14.7. The van der Waals surface area contributed by atoms with E-state index >= 15 is 0 Å². The zero-order valence-electron chi connectivity index (χ0n) is 10.4. The molecule has 1 aromatic heterocycles. The highest BCUT2D eigenvalue weighted by molar-refractivity contribution is 9.10. The van der Waals surface area contributed by atoms with Crippen LogP contribution in [0.4, 0.5) is 0 Å². The van der Waals surface area contributed by atoms with Crippen LogP contribution in [-0.4, -0.2) is 8.42 Å². The van der Waals surface area contributed by atoms with Gasteiger partial charge in [0.1, 0.15) is 0 Å². The third-order valence-electron chi connectivity index (χ3n) is 2.63. The van der Waals surface area contributed by atoms with Crippen LogP contribution in [0.2, 0.25) is 0 Å². The Hall–Kier alpha value is -0.690. The summed E-state index contributed by atoms with van der Waals surface area (Å²) in [6.45, 7) is 2.42. The second-order valence-electron chi connectivity index (χ2n) is 4.00. The average Bonchev–Trinajstić information content (AvgIpc) is 2.85. The van der Waals surface area contributed by atoms with Gasteiger partial charge >= 0.3 is 0 Å². The van der Waals surface area contributed by atoms with Crippen molar-refractivity contribution in [2.75, 3.05) is 0 Å². The molecule has 0 aliphatic rings. The van der Waals surface area contributed by atoms with E-state index in [1.54, 1.807) is 35.6 Å². The van der Waals surface area contributed by atoms with E-state index in [-0.39, 0.29) is 4.90 Å². The number of halogens is 1. The van der Waals surface area contributed by atoms with Crippen LogP contribution in [0.15, 0.2) is 45.8 Å². The SMILES string of the molecule is CCc1ccc(CNS(=O)(=O)c2ccc(Br)cc2)s1. The van der Waals surface area contributed by atoms with Crippen LogP contribution in [-0.2, 0) is 23.0 Å². The predicted molar refractivity (Wildman–Crippen MR) is 81.9 cm³/mol. The molecule has 0 fully saturated rings. The number of aryl methyl sites for hydroxylation is 1. The molecule has 0 atom stereocenters. The van der Waals surface area contributed by atoms with Crippen molar-refractivity contribution in [3.8, 4) is 0 Å². The minimum Gasteiger partial charge on any atom is -0.207 e. The first-order chi connectivity index (χ1) is 9.01. The molecule has 2 rings (SSSR count). The monoisotopic (exact) mass is 359 g/mol. The maximum absolute atomic E-state index is 12.1. The first-order valence-corrected chi connectivity index (χ1v) is 8.93. The molecule has 0 saturated carbocycles. The summed E-state index contributed by atoms with van der Waals surface area (Å²) in [5.41, 5.74) is 0. The Morgan fingerprint density at radius 2 is 1.74 bits per heavy atom. The summed E-state index contributed by atoms with van der Waals surface area (Å²) in [7, 11) is -3.44. The molecule has 102 valence electrons. The zero-order chi connectivity index (χ0) is 13.9. The minimum atomic E-state index is -3.44. The summed E-state index contributed by atoms with van der Waals surface area (Å²) in [6.07, 6.45) is 0.976. The van der Waals surface area contributed by atoms with Gasteiger partial charge in [0.05, 0.1) is 4.90 Å². The van der Waals surface area contributed by atoms with Gasteiger partial charge < -0.3 is 0 Å². The van der Waals surface area contributed by atoms with Crippen LogP contribution < -0.4 is 4.72 Å². The van der Waals surface area contributed by atoms with Crippen LogP contribution >= 0.6 is 27.3 Å². The number of benzene rings is 1. The van der Waals surface area contributed by atoms with Crippen LogP contribution in [0.1, 0.15) is 16.7 Å². The molecule has 1 heterocycles. The van der Waals surface area contributed by atoms with E-state index in [1.165, 1.54) is 4.88 Å². The zero-order valence-corrected chi connectivity index (χ0v) is 13.6. The molecule has 1 aromatic carbocycles. The number of hydrogen-bond acceptors (Lipinski definition) is 3. The molecule has 2 aromatic rings. The molecule has 0 unspecified atom stereocenters. The van der Waals surface area contributed by atoms with Crippen molar-refractivity contribution in [2.45, 2.75) is 24.8 Å². The van der Waals surface area contributed by atoms with Crippen molar-refractivity contribution in [1.29, 1.82) is 0 Å². The third kappa shape index (κ3) is 3.89. The smallest absolute Gasteiger partial charge is 0.207 e. The normalized spacial score (nSPS) is 11.7. The highest BCUT2D eigenvalue weighted by atomic mass is 79.9. The average molecular weight is 360 g/mol. The van der Waals surface area contributed by atoms with Crippen molar-refractivity contribution in [2.24, 2.45) is 0 Å². The number of thiophene rings is 1. The lowest BCUT2D eigenvalue weighted by molar-refractivity contribution is 0.582. The molecule has 0 spiro atoms. The Balaban J connectivity index is 2.07. The van der Waals surface area contributed by atoms with E-state index < -0.39 is 10.0 Å². The molecule has 0 aliphatic carbocycles. The maximum Gasteiger partial charge on any atom is 0.240 e. The number of sulfonamides is 1. The fourth-order valence-corrected chi connectivity index (χ4v) is 3.83. The largest absolute Gasteiger partial charge is 0.240 e. The summed E-state index contributed by atoms with van der Waals surface area (Å²) in [5.74, 6) is 0. The van der Waals surface area contributed by atoms with E-state index in [2.05, 4.69) is 27.6 Å². The van der Waals surface area contributed by atoms with Gasteiger partial charge in [0.15, 0.2) is 0 Å². The highest BCUT2D eigenvalue weighted by Gasteiger charge is 2.13. The second-order valence-corrected chi connectivity index (χ2v) is 7.94. The molecule has 0 radical (unpaired) electrons. The fraction of sp³-hybridized carbons (Fsp3) is 0.231. The van der Waals surface area contributed by atoms with E-state index in [4.69, 9.17) is 0 Å². The van der Waals surface area contributed by atoms with Crippen LogP contribution in [0.3, 0.4) is 0 Å². The van der Waals surface area contributed by atoms with E-state index in [9.17, 15) is 8.42 Å². The summed E-state index contributed by atoms with van der Waals surface area (Å²) in [5, 5.41) is 0. The molecule has 0 aliphatic heterocycles. The summed E-state index contributed by atoms with van der Waals surface area (Å²) >= 11 is 4.92. The van der Waals surface area contributed by atoms with E-state index in [0.29, 0.717) is 6.54 Å². The third-order valence-corrected chi connectivity index (χ3v) is 5.80. The van der Waals surface area contributed by atoms with Crippen molar-refractivity contribution >= 4 is 37.3 Å². The lowest BCUT2D eigenvalue weighted by Gasteiger charge is -2.05. The van der Waals surface area contributed by atoms with Crippen LogP contribution in [0, 0.1) is 0 Å². The highest BCUT2D eigenvalue weighted by Crippen LogP contribution is 2.18. The molecule has 6 heteroatoms. The molecular weight excluding hydrogens is 346 g/mol. The lowest BCUT2D eigenvalue weighted by atomic mass is 10.4. The van der Waals surface area contributed by atoms with Gasteiger partial charge in [-0.15, -0.1) is 11.3 Å². The molecule has 0 amide bonds. The number of nitrogens with one attached hydrogen (secondary N) is 1. The molecule has 19 heavy (non-hydrogen) atoms. The Labute approximate surface area is 125 Å². The van der Waals surface area contributed by atoms with Crippen LogP contribution in [0.25, 0.3) is 0 Å². The van der Waals surface area contributed by atoms with Gasteiger partial charge in [-0.05, 0) is 42.8 Å².